The maximum absolute atomic E-state index is 14.4. The zero-order valence-corrected chi connectivity index (χ0v) is 16.2. The third-order valence-corrected chi connectivity index (χ3v) is 6.63. The molecule has 7 nitrogen and oxygen atoms in total. The van der Waals surface area contributed by atoms with E-state index in [0.717, 1.165) is 12.1 Å². The van der Waals surface area contributed by atoms with Gasteiger partial charge in [0.2, 0.25) is 0 Å². The SMILES string of the molecule is CCOC(=O)C1=C(C)N([C@@H]2CCS(=O)(=O)C2)C(=O)N[C@H]1c1c(F)cccc1F. The molecule has 2 amide bonds. The predicted molar refractivity (Wildman–Crippen MR) is 95.9 cm³/mol. The van der Waals surface area contributed by atoms with Crippen LogP contribution in [-0.2, 0) is 19.4 Å². The fraction of sp³-hybridized carbons (Fsp3) is 0.444. The minimum Gasteiger partial charge on any atom is -0.463 e. The van der Waals surface area contributed by atoms with Crippen LogP contribution in [0.3, 0.4) is 0 Å². The highest BCUT2D eigenvalue weighted by Gasteiger charge is 2.43. The summed E-state index contributed by atoms with van der Waals surface area (Å²) in [7, 11) is -3.30. The van der Waals surface area contributed by atoms with Crippen molar-refractivity contribution in [3.63, 3.8) is 0 Å². The summed E-state index contributed by atoms with van der Waals surface area (Å²) in [5.41, 5.74) is -0.483. The van der Waals surface area contributed by atoms with Crippen LogP contribution in [0.5, 0.6) is 0 Å². The van der Waals surface area contributed by atoms with Gasteiger partial charge in [0, 0.05) is 5.70 Å². The van der Waals surface area contributed by atoms with Gasteiger partial charge in [-0.25, -0.2) is 26.8 Å². The van der Waals surface area contributed by atoms with Gasteiger partial charge >= 0.3 is 12.0 Å². The highest BCUT2D eigenvalue weighted by Crippen LogP contribution is 2.36. The molecule has 152 valence electrons. The summed E-state index contributed by atoms with van der Waals surface area (Å²) in [4.78, 5) is 26.5. The number of halogens is 2. The fourth-order valence-electron chi connectivity index (χ4n) is 3.65. The Balaban J connectivity index is 2.12. The maximum Gasteiger partial charge on any atom is 0.338 e. The van der Waals surface area contributed by atoms with Gasteiger partial charge in [-0.05, 0) is 32.4 Å². The molecule has 1 saturated heterocycles. The summed E-state index contributed by atoms with van der Waals surface area (Å²) in [6.45, 7) is 3.05. The molecule has 0 aromatic heterocycles. The summed E-state index contributed by atoms with van der Waals surface area (Å²) in [5, 5.41) is 2.44. The van der Waals surface area contributed by atoms with Gasteiger partial charge in [-0.3, -0.25) is 4.90 Å². The number of nitrogens with zero attached hydrogens (tertiary/aromatic N) is 1. The van der Waals surface area contributed by atoms with Crippen molar-refractivity contribution in [2.24, 2.45) is 0 Å². The number of hydrogen-bond donors (Lipinski definition) is 1. The van der Waals surface area contributed by atoms with E-state index < -0.39 is 51.1 Å². The minimum absolute atomic E-state index is 0.0217. The largest absolute Gasteiger partial charge is 0.463 e. The van der Waals surface area contributed by atoms with Crippen LogP contribution in [0.25, 0.3) is 0 Å². The normalized spacial score (nSPS) is 24.3. The molecule has 0 unspecified atom stereocenters. The molecule has 1 N–H and O–H groups in total. The van der Waals surface area contributed by atoms with Crippen LogP contribution in [-0.4, -0.2) is 49.5 Å². The predicted octanol–water partition coefficient (Wildman–Crippen LogP) is 2.06. The van der Waals surface area contributed by atoms with Crippen LogP contribution in [0.4, 0.5) is 13.6 Å². The Morgan fingerprint density at radius 1 is 1.32 bits per heavy atom. The molecule has 0 spiro atoms. The van der Waals surface area contributed by atoms with Crippen molar-refractivity contribution < 1.29 is 31.5 Å². The van der Waals surface area contributed by atoms with Crippen LogP contribution >= 0.6 is 0 Å². The Kier molecular flexibility index (Phi) is 5.42. The van der Waals surface area contributed by atoms with Crippen molar-refractivity contribution in [3.8, 4) is 0 Å². The quantitative estimate of drug-likeness (QED) is 0.762. The van der Waals surface area contributed by atoms with Crippen molar-refractivity contribution in [1.29, 1.82) is 0 Å². The average Bonchev–Trinajstić information content (AvgIpc) is 2.94. The fourth-order valence-corrected chi connectivity index (χ4v) is 5.35. The standard InChI is InChI=1S/C18H20F2N2O5S/c1-3-27-17(23)14-10(2)22(11-7-8-28(25,26)9-11)18(24)21-16(14)15-12(19)5-4-6-13(15)20/h4-6,11,16H,3,7-9H2,1-2H3,(H,21,24)/t11-,16-/m1/s1. The zero-order chi connectivity index (χ0) is 20.6. The number of benzene rings is 1. The highest BCUT2D eigenvalue weighted by molar-refractivity contribution is 7.91. The number of carbonyl (C=O) groups excluding carboxylic acids is 2. The van der Waals surface area contributed by atoms with E-state index in [-0.39, 0.29) is 35.8 Å². The molecule has 1 fully saturated rings. The topological polar surface area (TPSA) is 92.8 Å². The van der Waals surface area contributed by atoms with E-state index in [9.17, 15) is 26.8 Å². The molecule has 0 saturated carbocycles. The number of nitrogens with one attached hydrogen (secondary N) is 1. The molecule has 3 rings (SSSR count). The number of allylic oxidation sites excluding steroid dienone is 1. The second kappa shape index (κ2) is 7.50. The van der Waals surface area contributed by atoms with Gasteiger partial charge < -0.3 is 10.1 Å². The van der Waals surface area contributed by atoms with Crippen LogP contribution in [0.2, 0.25) is 0 Å². The van der Waals surface area contributed by atoms with E-state index in [0.29, 0.717) is 0 Å². The van der Waals surface area contributed by atoms with Crippen LogP contribution in [0, 0.1) is 11.6 Å². The molecule has 1 aromatic rings. The maximum atomic E-state index is 14.4. The summed E-state index contributed by atoms with van der Waals surface area (Å²) in [6, 6.07) is 0.454. The number of rotatable bonds is 4. The van der Waals surface area contributed by atoms with Crippen molar-refractivity contribution in [1.82, 2.24) is 10.2 Å². The molecule has 0 aliphatic carbocycles. The summed E-state index contributed by atoms with van der Waals surface area (Å²) in [5.74, 6) is -2.99. The van der Waals surface area contributed by atoms with Gasteiger partial charge in [-0.15, -0.1) is 0 Å². The van der Waals surface area contributed by atoms with E-state index in [1.807, 2.05) is 0 Å². The smallest absolute Gasteiger partial charge is 0.338 e. The van der Waals surface area contributed by atoms with Crippen LogP contribution in [0.15, 0.2) is 29.5 Å². The van der Waals surface area contributed by atoms with Crippen molar-refractivity contribution >= 4 is 21.8 Å². The monoisotopic (exact) mass is 414 g/mol. The summed E-state index contributed by atoms with van der Waals surface area (Å²) >= 11 is 0. The Bertz CT molecular complexity index is 940. The third kappa shape index (κ3) is 3.60. The van der Waals surface area contributed by atoms with Gasteiger partial charge in [-0.1, -0.05) is 6.07 Å². The average molecular weight is 414 g/mol. The lowest BCUT2D eigenvalue weighted by molar-refractivity contribution is -0.139. The number of urea groups is 1. The first-order valence-corrected chi connectivity index (χ1v) is 10.6. The Hall–Kier alpha value is -2.49. The molecule has 2 aliphatic rings. The number of esters is 1. The van der Waals surface area contributed by atoms with E-state index in [1.54, 1.807) is 6.92 Å². The first-order valence-electron chi connectivity index (χ1n) is 8.78. The van der Waals surface area contributed by atoms with Gasteiger partial charge in [-0.2, -0.15) is 0 Å². The lowest BCUT2D eigenvalue weighted by atomic mass is 9.93. The molecule has 2 aliphatic heterocycles. The molecular formula is C18H20F2N2O5S. The molecule has 28 heavy (non-hydrogen) atoms. The minimum atomic E-state index is -3.30. The van der Waals surface area contributed by atoms with Gasteiger partial charge in [0.05, 0.1) is 41.3 Å². The second-order valence-corrected chi connectivity index (χ2v) is 8.89. The number of sulfone groups is 1. The molecule has 0 radical (unpaired) electrons. The Morgan fingerprint density at radius 2 is 1.96 bits per heavy atom. The lowest BCUT2D eigenvalue weighted by Crippen LogP contribution is -2.52. The van der Waals surface area contributed by atoms with Crippen LogP contribution < -0.4 is 5.32 Å². The Labute approximate surface area is 161 Å². The lowest BCUT2D eigenvalue weighted by Gasteiger charge is -2.38. The number of ether oxygens (including phenoxy) is 1. The molecule has 2 heterocycles. The third-order valence-electron chi connectivity index (χ3n) is 4.88. The van der Waals surface area contributed by atoms with E-state index in [2.05, 4.69) is 5.32 Å². The molecule has 10 heteroatoms. The molecular weight excluding hydrogens is 394 g/mol. The van der Waals surface area contributed by atoms with Gasteiger partial charge in [0.15, 0.2) is 9.84 Å². The number of amides is 2. The molecule has 1 aromatic carbocycles. The van der Waals surface area contributed by atoms with E-state index in [4.69, 9.17) is 4.74 Å². The second-order valence-electron chi connectivity index (χ2n) is 6.66. The van der Waals surface area contributed by atoms with Crippen molar-refractivity contribution in [2.45, 2.75) is 32.4 Å². The van der Waals surface area contributed by atoms with Crippen molar-refractivity contribution in [2.75, 3.05) is 18.1 Å². The summed E-state index contributed by atoms with van der Waals surface area (Å²) < 4.78 is 57.4. The van der Waals surface area contributed by atoms with Crippen molar-refractivity contribution in [3.05, 3.63) is 46.7 Å². The van der Waals surface area contributed by atoms with Gasteiger partial charge in [0.1, 0.15) is 11.6 Å². The van der Waals surface area contributed by atoms with E-state index >= 15 is 0 Å². The highest BCUT2D eigenvalue weighted by atomic mass is 32.2. The van der Waals surface area contributed by atoms with E-state index in [1.165, 1.54) is 17.9 Å². The first-order chi connectivity index (χ1) is 13.2. The number of hydrogen-bond acceptors (Lipinski definition) is 5. The molecule has 0 bridgehead atoms. The van der Waals surface area contributed by atoms with Gasteiger partial charge in [0.25, 0.3) is 0 Å². The molecule has 2 atom stereocenters. The summed E-state index contributed by atoms with van der Waals surface area (Å²) in [6.07, 6.45) is 0.210. The Morgan fingerprint density at radius 3 is 2.50 bits per heavy atom. The zero-order valence-electron chi connectivity index (χ0n) is 15.4. The number of carbonyl (C=O) groups is 2. The first kappa shape index (κ1) is 20.2. The van der Waals surface area contributed by atoms with Crippen LogP contribution in [0.1, 0.15) is 31.9 Å².